The quantitative estimate of drug-likeness (QED) is 0.798. The summed E-state index contributed by atoms with van der Waals surface area (Å²) in [6, 6.07) is 0. The minimum Gasteiger partial charge on any atom is -0.481 e. The van der Waals surface area contributed by atoms with Gasteiger partial charge in [-0.1, -0.05) is 0 Å². The van der Waals surface area contributed by atoms with E-state index >= 15 is 0 Å². The zero-order valence-corrected chi connectivity index (χ0v) is 9.60. The highest BCUT2D eigenvalue weighted by molar-refractivity contribution is 5.93. The van der Waals surface area contributed by atoms with E-state index < -0.39 is 5.97 Å². The van der Waals surface area contributed by atoms with Gasteiger partial charge >= 0.3 is 5.97 Å². The number of carboxylic acids is 1. The molecular weight excluding hydrogens is 210 g/mol. The van der Waals surface area contributed by atoms with E-state index in [-0.39, 0.29) is 18.9 Å². The molecule has 0 bridgehead atoms. The van der Waals surface area contributed by atoms with Crippen LogP contribution in [0.2, 0.25) is 0 Å². The number of aryl methyl sites for hydroxylation is 2. The monoisotopic (exact) mass is 225 g/mol. The van der Waals surface area contributed by atoms with Crippen molar-refractivity contribution in [1.82, 2.24) is 14.7 Å². The van der Waals surface area contributed by atoms with E-state index in [1.54, 1.807) is 31.9 Å². The van der Waals surface area contributed by atoms with Crippen LogP contribution in [0.5, 0.6) is 0 Å². The van der Waals surface area contributed by atoms with E-state index in [1.807, 2.05) is 0 Å². The van der Waals surface area contributed by atoms with Crippen LogP contribution in [0.25, 0.3) is 0 Å². The van der Waals surface area contributed by atoms with Gasteiger partial charge < -0.3 is 10.0 Å². The molecule has 1 amide bonds. The van der Waals surface area contributed by atoms with Gasteiger partial charge in [0.05, 0.1) is 6.42 Å². The molecule has 0 saturated carbocycles. The van der Waals surface area contributed by atoms with E-state index in [0.717, 1.165) is 5.56 Å². The lowest BCUT2D eigenvalue weighted by Crippen LogP contribution is -2.29. The molecule has 0 aromatic carbocycles. The Bertz CT molecular complexity index is 411. The summed E-state index contributed by atoms with van der Waals surface area (Å²) in [4.78, 5) is 23.6. The molecule has 0 aliphatic carbocycles. The third kappa shape index (κ3) is 2.82. The lowest BCUT2D eigenvalue weighted by atomic mass is 10.2. The molecule has 0 spiro atoms. The van der Waals surface area contributed by atoms with E-state index in [9.17, 15) is 9.59 Å². The smallest absolute Gasteiger partial charge is 0.305 e. The van der Waals surface area contributed by atoms with Crippen LogP contribution in [0.3, 0.4) is 0 Å². The minimum atomic E-state index is -0.919. The van der Waals surface area contributed by atoms with Crippen LogP contribution >= 0.6 is 0 Å². The number of hydrogen-bond acceptors (Lipinski definition) is 3. The van der Waals surface area contributed by atoms with Gasteiger partial charge in [-0.3, -0.25) is 14.3 Å². The Kier molecular flexibility index (Phi) is 3.65. The maximum Gasteiger partial charge on any atom is 0.305 e. The number of carbonyl (C=O) groups excluding carboxylic acids is 1. The second-order valence-electron chi connectivity index (χ2n) is 3.70. The van der Waals surface area contributed by atoms with Crippen LogP contribution in [0, 0.1) is 6.92 Å². The molecule has 16 heavy (non-hydrogen) atoms. The van der Waals surface area contributed by atoms with E-state index in [2.05, 4.69) is 5.10 Å². The van der Waals surface area contributed by atoms with Gasteiger partial charge in [0.2, 0.25) is 0 Å². The Labute approximate surface area is 93.5 Å². The van der Waals surface area contributed by atoms with Crippen LogP contribution in [0.4, 0.5) is 0 Å². The average molecular weight is 225 g/mol. The number of carboxylic acid groups (broad SMARTS) is 1. The van der Waals surface area contributed by atoms with Crippen molar-refractivity contribution < 1.29 is 14.7 Å². The van der Waals surface area contributed by atoms with Crippen LogP contribution in [0.1, 0.15) is 22.5 Å². The first-order chi connectivity index (χ1) is 7.41. The third-order valence-corrected chi connectivity index (χ3v) is 2.22. The zero-order chi connectivity index (χ0) is 12.3. The summed E-state index contributed by atoms with van der Waals surface area (Å²) in [6.45, 7) is 1.98. The van der Waals surface area contributed by atoms with Crippen molar-refractivity contribution in [3.05, 3.63) is 17.5 Å². The number of aromatic nitrogens is 2. The Morgan fingerprint density at radius 3 is 2.62 bits per heavy atom. The number of nitrogens with zero attached hydrogens (tertiary/aromatic N) is 3. The summed E-state index contributed by atoms with van der Waals surface area (Å²) in [6.07, 6.45) is 1.69. The highest BCUT2D eigenvalue weighted by Gasteiger charge is 2.17. The Balaban J connectivity index is 2.70. The van der Waals surface area contributed by atoms with E-state index in [1.165, 1.54) is 4.90 Å². The van der Waals surface area contributed by atoms with Gasteiger partial charge in [-0.2, -0.15) is 5.10 Å². The predicted molar refractivity (Wildman–Crippen MR) is 57.2 cm³/mol. The minimum absolute atomic E-state index is 0.0614. The number of rotatable bonds is 4. The highest BCUT2D eigenvalue weighted by Crippen LogP contribution is 2.07. The molecule has 0 aliphatic heterocycles. The normalized spacial score (nSPS) is 10.2. The maximum absolute atomic E-state index is 11.8. The van der Waals surface area contributed by atoms with E-state index in [0.29, 0.717) is 5.69 Å². The summed E-state index contributed by atoms with van der Waals surface area (Å²) in [5.41, 5.74) is 1.16. The molecule has 6 heteroatoms. The van der Waals surface area contributed by atoms with Crippen molar-refractivity contribution in [2.45, 2.75) is 13.3 Å². The fraction of sp³-hybridized carbons (Fsp3) is 0.500. The average Bonchev–Trinajstić information content (AvgIpc) is 2.53. The van der Waals surface area contributed by atoms with Crippen molar-refractivity contribution in [2.75, 3.05) is 13.6 Å². The summed E-state index contributed by atoms with van der Waals surface area (Å²) < 4.78 is 1.56. The molecule has 0 saturated heterocycles. The molecule has 1 N–H and O–H groups in total. The first kappa shape index (κ1) is 12.2. The van der Waals surface area contributed by atoms with Crippen LogP contribution in [0.15, 0.2) is 6.20 Å². The molecule has 6 nitrogen and oxygen atoms in total. The fourth-order valence-electron chi connectivity index (χ4n) is 1.36. The lowest BCUT2D eigenvalue weighted by Gasteiger charge is -2.14. The largest absolute Gasteiger partial charge is 0.481 e. The molecule has 1 rings (SSSR count). The Morgan fingerprint density at radius 2 is 2.19 bits per heavy atom. The van der Waals surface area contributed by atoms with Gasteiger partial charge in [0.25, 0.3) is 5.91 Å². The van der Waals surface area contributed by atoms with Gasteiger partial charge in [-0.05, 0) is 6.92 Å². The molecule has 0 unspecified atom stereocenters. The van der Waals surface area contributed by atoms with Crippen LogP contribution in [-0.4, -0.2) is 45.3 Å². The van der Waals surface area contributed by atoms with Crippen molar-refractivity contribution in [1.29, 1.82) is 0 Å². The molecule has 1 heterocycles. The standard InChI is InChI=1S/C10H15N3O3/c1-7-6-13(3)11-9(7)10(16)12(2)5-4-8(14)15/h6H,4-5H2,1-3H3,(H,14,15). The second kappa shape index (κ2) is 4.78. The third-order valence-electron chi connectivity index (χ3n) is 2.22. The summed E-state index contributed by atoms with van der Waals surface area (Å²) in [5, 5.41) is 12.6. The second-order valence-corrected chi connectivity index (χ2v) is 3.70. The number of amides is 1. The molecule has 0 radical (unpaired) electrons. The van der Waals surface area contributed by atoms with Gasteiger partial charge in [0.1, 0.15) is 0 Å². The molecule has 88 valence electrons. The fourth-order valence-corrected chi connectivity index (χ4v) is 1.36. The van der Waals surface area contributed by atoms with Crippen molar-refractivity contribution in [3.63, 3.8) is 0 Å². The van der Waals surface area contributed by atoms with Gasteiger partial charge in [0.15, 0.2) is 5.69 Å². The molecule has 0 atom stereocenters. The van der Waals surface area contributed by atoms with Gasteiger partial charge in [0, 0.05) is 32.4 Å². The molecule has 1 aromatic heterocycles. The van der Waals surface area contributed by atoms with Gasteiger partial charge in [-0.15, -0.1) is 0 Å². The van der Waals surface area contributed by atoms with Crippen molar-refractivity contribution >= 4 is 11.9 Å². The first-order valence-corrected chi connectivity index (χ1v) is 4.89. The highest BCUT2D eigenvalue weighted by atomic mass is 16.4. The van der Waals surface area contributed by atoms with Crippen molar-refractivity contribution in [2.24, 2.45) is 7.05 Å². The maximum atomic E-state index is 11.8. The summed E-state index contributed by atoms with van der Waals surface area (Å²) >= 11 is 0. The number of hydrogen-bond donors (Lipinski definition) is 1. The summed E-state index contributed by atoms with van der Waals surface area (Å²) in [5.74, 6) is -1.17. The van der Waals surface area contributed by atoms with Gasteiger partial charge in [-0.25, -0.2) is 0 Å². The van der Waals surface area contributed by atoms with Crippen LogP contribution in [-0.2, 0) is 11.8 Å². The van der Waals surface area contributed by atoms with E-state index in [4.69, 9.17) is 5.11 Å². The topological polar surface area (TPSA) is 75.4 Å². The predicted octanol–water partition coefficient (Wildman–Crippen LogP) is 0.275. The van der Waals surface area contributed by atoms with Crippen molar-refractivity contribution in [3.8, 4) is 0 Å². The number of carbonyl (C=O) groups is 2. The molecule has 1 aromatic rings. The SMILES string of the molecule is Cc1cn(C)nc1C(=O)N(C)CCC(=O)O. The molecule has 0 aliphatic rings. The first-order valence-electron chi connectivity index (χ1n) is 4.89. The molecular formula is C10H15N3O3. The number of aliphatic carboxylic acids is 1. The summed E-state index contributed by atoms with van der Waals surface area (Å²) in [7, 11) is 3.31. The van der Waals surface area contributed by atoms with Crippen LogP contribution < -0.4 is 0 Å². The lowest BCUT2D eigenvalue weighted by molar-refractivity contribution is -0.137. The zero-order valence-electron chi connectivity index (χ0n) is 9.60. The Morgan fingerprint density at radius 1 is 1.56 bits per heavy atom. The molecule has 0 fully saturated rings. The Hall–Kier alpha value is -1.85.